The number of aliphatic hydroxyl groups excluding tert-OH is 1. The molecular formula is C15H20ClFO2. The Morgan fingerprint density at radius 3 is 2.68 bits per heavy atom. The third kappa shape index (κ3) is 3.10. The molecule has 1 aliphatic carbocycles. The largest absolute Gasteiger partial charge is 0.390 e. The van der Waals surface area contributed by atoms with Crippen LogP contribution in [0.1, 0.15) is 37.7 Å². The number of hydrogen-bond acceptors (Lipinski definition) is 2. The van der Waals surface area contributed by atoms with Gasteiger partial charge in [0.05, 0.1) is 16.7 Å². The fourth-order valence-electron chi connectivity index (χ4n) is 2.92. The van der Waals surface area contributed by atoms with Gasteiger partial charge < -0.3 is 9.84 Å². The van der Waals surface area contributed by atoms with E-state index < -0.39 is 17.5 Å². The van der Waals surface area contributed by atoms with E-state index in [1.165, 1.54) is 12.5 Å². The van der Waals surface area contributed by atoms with Gasteiger partial charge in [-0.1, -0.05) is 43.0 Å². The molecule has 4 heteroatoms. The minimum Gasteiger partial charge on any atom is -0.390 e. The van der Waals surface area contributed by atoms with Gasteiger partial charge in [-0.25, -0.2) is 4.39 Å². The van der Waals surface area contributed by atoms with Crippen LogP contribution in [-0.4, -0.2) is 23.9 Å². The summed E-state index contributed by atoms with van der Waals surface area (Å²) in [7, 11) is 1.64. The molecule has 1 fully saturated rings. The average Bonchev–Trinajstić information content (AvgIpc) is 2.44. The predicted molar refractivity (Wildman–Crippen MR) is 73.9 cm³/mol. The Balaban J connectivity index is 2.15. The van der Waals surface area contributed by atoms with E-state index in [4.69, 9.17) is 16.3 Å². The molecule has 19 heavy (non-hydrogen) atoms. The van der Waals surface area contributed by atoms with Gasteiger partial charge in [0.15, 0.2) is 0 Å². The SMILES string of the molecule is COC1(C(O)Cc2cccc(F)c2Cl)CCCCC1. The zero-order valence-electron chi connectivity index (χ0n) is 11.2. The molecule has 0 aliphatic heterocycles. The number of methoxy groups -OCH3 is 1. The predicted octanol–water partition coefficient (Wildman–Crippen LogP) is 3.73. The first-order valence-electron chi connectivity index (χ1n) is 6.75. The molecule has 2 nitrogen and oxygen atoms in total. The van der Waals surface area contributed by atoms with E-state index in [2.05, 4.69) is 0 Å². The van der Waals surface area contributed by atoms with E-state index in [-0.39, 0.29) is 5.02 Å². The summed E-state index contributed by atoms with van der Waals surface area (Å²) in [5.74, 6) is -0.443. The quantitative estimate of drug-likeness (QED) is 0.914. The molecule has 2 rings (SSSR count). The van der Waals surface area contributed by atoms with E-state index >= 15 is 0 Å². The number of benzene rings is 1. The summed E-state index contributed by atoms with van der Waals surface area (Å²) in [5.41, 5.74) is 0.129. The van der Waals surface area contributed by atoms with Crippen LogP contribution in [0.15, 0.2) is 18.2 Å². The molecule has 1 N–H and O–H groups in total. The molecule has 1 saturated carbocycles. The Labute approximate surface area is 118 Å². The third-order valence-electron chi connectivity index (χ3n) is 4.16. The van der Waals surface area contributed by atoms with Gasteiger partial charge in [-0.2, -0.15) is 0 Å². The second-order valence-electron chi connectivity index (χ2n) is 5.26. The van der Waals surface area contributed by atoms with Crippen LogP contribution in [0.5, 0.6) is 0 Å². The van der Waals surface area contributed by atoms with E-state index in [1.807, 2.05) is 0 Å². The van der Waals surface area contributed by atoms with Crippen molar-refractivity contribution in [3.63, 3.8) is 0 Å². The maximum atomic E-state index is 13.4. The van der Waals surface area contributed by atoms with Crippen molar-refractivity contribution in [3.05, 3.63) is 34.6 Å². The van der Waals surface area contributed by atoms with E-state index in [9.17, 15) is 9.50 Å². The topological polar surface area (TPSA) is 29.5 Å². The maximum absolute atomic E-state index is 13.4. The number of rotatable bonds is 4. The molecule has 0 amide bonds. The van der Waals surface area contributed by atoms with Crippen LogP contribution >= 0.6 is 11.6 Å². The second-order valence-corrected chi connectivity index (χ2v) is 5.64. The van der Waals surface area contributed by atoms with E-state index in [0.717, 1.165) is 25.7 Å². The van der Waals surface area contributed by atoms with Gasteiger partial charge in [0.2, 0.25) is 0 Å². The Kier molecular flexibility index (Phi) is 4.82. The highest BCUT2D eigenvalue weighted by atomic mass is 35.5. The van der Waals surface area contributed by atoms with Crippen LogP contribution in [0.2, 0.25) is 5.02 Å². The van der Waals surface area contributed by atoms with Crippen molar-refractivity contribution < 1.29 is 14.2 Å². The lowest BCUT2D eigenvalue weighted by Gasteiger charge is -2.40. The fraction of sp³-hybridized carbons (Fsp3) is 0.600. The standard InChI is InChI=1S/C15H20ClFO2/c1-19-15(8-3-2-4-9-15)13(18)10-11-6-5-7-12(17)14(11)16/h5-7,13,18H,2-4,8-10H2,1H3. The van der Waals surface area contributed by atoms with Crippen molar-refractivity contribution >= 4 is 11.6 Å². The smallest absolute Gasteiger partial charge is 0.142 e. The summed E-state index contributed by atoms with van der Waals surface area (Å²) in [6.07, 6.45) is 4.65. The van der Waals surface area contributed by atoms with Crippen LogP contribution in [0.3, 0.4) is 0 Å². The first kappa shape index (κ1) is 14.8. The number of ether oxygens (including phenoxy) is 1. The van der Waals surface area contributed by atoms with Crippen molar-refractivity contribution in [1.82, 2.24) is 0 Å². The number of aliphatic hydroxyl groups is 1. The molecule has 1 aromatic rings. The number of halogens is 2. The second kappa shape index (κ2) is 6.21. The summed E-state index contributed by atoms with van der Waals surface area (Å²) in [6.45, 7) is 0. The Bertz CT molecular complexity index is 430. The van der Waals surface area contributed by atoms with Crippen molar-refractivity contribution in [3.8, 4) is 0 Å². The minimum absolute atomic E-state index is 0.101. The van der Waals surface area contributed by atoms with Gasteiger partial charge in [0, 0.05) is 13.5 Å². The van der Waals surface area contributed by atoms with Gasteiger partial charge in [-0.15, -0.1) is 0 Å². The molecule has 1 aromatic carbocycles. The molecule has 0 aromatic heterocycles. The normalized spacial score (nSPS) is 20.2. The molecule has 1 unspecified atom stereocenters. The Hall–Kier alpha value is -0.640. The Morgan fingerprint density at radius 1 is 1.37 bits per heavy atom. The van der Waals surface area contributed by atoms with Crippen molar-refractivity contribution in [1.29, 1.82) is 0 Å². The lowest BCUT2D eigenvalue weighted by molar-refractivity contribution is -0.122. The van der Waals surface area contributed by atoms with Gasteiger partial charge in [0.25, 0.3) is 0 Å². The molecule has 0 heterocycles. The molecule has 0 radical (unpaired) electrons. The van der Waals surface area contributed by atoms with E-state index in [1.54, 1.807) is 19.2 Å². The van der Waals surface area contributed by atoms with E-state index in [0.29, 0.717) is 12.0 Å². The van der Waals surface area contributed by atoms with Crippen LogP contribution in [0.4, 0.5) is 4.39 Å². The average molecular weight is 287 g/mol. The first-order chi connectivity index (χ1) is 9.09. The van der Waals surface area contributed by atoms with Crippen molar-refractivity contribution in [2.24, 2.45) is 0 Å². The summed E-state index contributed by atoms with van der Waals surface area (Å²) < 4.78 is 19.0. The van der Waals surface area contributed by atoms with Gasteiger partial charge in [-0.3, -0.25) is 0 Å². The van der Waals surface area contributed by atoms with Crippen LogP contribution in [-0.2, 0) is 11.2 Å². The molecule has 0 bridgehead atoms. The van der Waals surface area contributed by atoms with Crippen LogP contribution in [0.25, 0.3) is 0 Å². The third-order valence-corrected chi connectivity index (χ3v) is 4.58. The molecule has 0 spiro atoms. The molecular weight excluding hydrogens is 267 g/mol. The molecule has 0 saturated heterocycles. The van der Waals surface area contributed by atoms with Crippen molar-refractivity contribution in [2.45, 2.75) is 50.2 Å². The first-order valence-corrected chi connectivity index (χ1v) is 7.13. The van der Waals surface area contributed by atoms with Gasteiger partial charge in [-0.05, 0) is 24.5 Å². The van der Waals surface area contributed by atoms with Gasteiger partial charge in [0.1, 0.15) is 5.82 Å². The lowest BCUT2D eigenvalue weighted by Crippen LogP contribution is -2.46. The minimum atomic E-state index is -0.655. The summed E-state index contributed by atoms with van der Waals surface area (Å²) in [5, 5.41) is 10.6. The summed E-state index contributed by atoms with van der Waals surface area (Å²) >= 11 is 5.94. The summed E-state index contributed by atoms with van der Waals surface area (Å²) in [4.78, 5) is 0. The highest BCUT2D eigenvalue weighted by molar-refractivity contribution is 6.31. The van der Waals surface area contributed by atoms with Crippen LogP contribution < -0.4 is 0 Å². The fourth-order valence-corrected chi connectivity index (χ4v) is 3.13. The number of hydrogen-bond donors (Lipinski definition) is 1. The highest BCUT2D eigenvalue weighted by Gasteiger charge is 2.39. The molecule has 1 aliphatic rings. The highest BCUT2D eigenvalue weighted by Crippen LogP contribution is 2.36. The van der Waals surface area contributed by atoms with Gasteiger partial charge >= 0.3 is 0 Å². The lowest BCUT2D eigenvalue weighted by atomic mass is 9.78. The van der Waals surface area contributed by atoms with Crippen molar-refractivity contribution in [2.75, 3.05) is 7.11 Å². The van der Waals surface area contributed by atoms with Crippen LogP contribution in [0, 0.1) is 5.82 Å². The zero-order valence-corrected chi connectivity index (χ0v) is 11.9. The monoisotopic (exact) mass is 286 g/mol. The summed E-state index contributed by atoms with van der Waals surface area (Å²) in [6, 6.07) is 4.69. The maximum Gasteiger partial charge on any atom is 0.142 e. The molecule has 106 valence electrons. The molecule has 1 atom stereocenters. The zero-order chi connectivity index (χ0) is 13.9. The Morgan fingerprint density at radius 2 is 2.05 bits per heavy atom.